The van der Waals surface area contributed by atoms with Crippen LogP contribution in [0.2, 0.25) is 5.02 Å². The van der Waals surface area contributed by atoms with Crippen LogP contribution < -0.4 is 14.8 Å². The van der Waals surface area contributed by atoms with Gasteiger partial charge in [-0.2, -0.15) is 0 Å². The summed E-state index contributed by atoms with van der Waals surface area (Å²) in [7, 11) is 0. The van der Waals surface area contributed by atoms with Crippen LogP contribution in [0.3, 0.4) is 0 Å². The van der Waals surface area contributed by atoms with Gasteiger partial charge in [-0.1, -0.05) is 36.7 Å². The fraction of sp³-hybridized carbons (Fsp3) is 0.448. The summed E-state index contributed by atoms with van der Waals surface area (Å²) in [6.45, 7) is 5.99. The van der Waals surface area contributed by atoms with Crippen molar-refractivity contribution in [2.75, 3.05) is 13.1 Å². The molecule has 3 heterocycles. The molecule has 2 amide bonds. The Morgan fingerprint density at radius 3 is 2.62 bits per heavy atom. The Kier molecular flexibility index (Phi) is 6.59. The molecule has 0 spiro atoms. The molecule has 2 aromatic rings. The maximum Gasteiger partial charge on any atom is 0.255 e. The van der Waals surface area contributed by atoms with Crippen molar-refractivity contribution in [1.29, 1.82) is 0 Å². The number of piperidine rings is 1. The number of hydrogen-bond acceptors (Lipinski definition) is 5. The predicted octanol–water partition coefficient (Wildman–Crippen LogP) is 4.54. The molecule has 3 aliphatic heterocycles. The lowest BCUT2D eigenvalue weighted by Gasteiger charge is -2.47. The second-order valence-electron chi connectivity index (χ2n) is 10.5. The number of carbonyl (C=O) groups is 2. The highest BCUT2D eigenvalue weighted by molar-refractivity contribution is 6.32. The summed E-state index contributed by atoms with van der Waals surface area (Å²) in [5, 5.41) is 3.43. The Morgan fingerprint density at radius 2 is 1.81 bits per heavy atom. The highest BCUT2D eigenvalue weighted by Gasteiger charge is 2.41. The number of carbonyl (C=O) groups excluding carboxylic acids is 2. The maximum absolute atomic E-state index is 13.1. The number of fused-ring (bicyclic) bond motifs is 1. The minimum Gasteiger partial charge on any atom is -0.489 e. The smallest absolute Gasteiger partial charge is 0.255 e. The normalized spacial score (nSPS) is 26.5. The molecule has 3 atom stereocenters. The van der Waals surface area contributed by atoms with Gasteiger partial charge in [-0.3, -0.25) is 14.5 Å². The Morgan fingerprint density at radius 1 is 1.00 bits per heavy atom. The van der Waals surface area contributed by atoms with Crippen molar-refractivity contribution in [1.82, 2.24) is 15.1 Å². The SMILES string of the molecule is C=C1CCC(N2Cc3cc(O[C@H]4CCCC[C@@H]4N4CC(Oc5ccccc5Cl)C4)ccc3C2=O)C(=O)N1. The summed E-state index contributed by atoms with van der Waals surface area (Å²) in [6, 6.07) is 13.2. The fourth-order valence-electron chi connectivity index (χ4n) is 6.05. The number of para-hydroxylation sites is 1. The number of amides is 2. The molecule has 4 aliphatic rings. The lowest BCUT2D eigenvalue weighted by molar-refractivity contribution is -0.126. The van der Waals surface area contributed by atoms with Crippen LogP contribution in [0.25, 0.3) is 0 Å². The van der Waals surface area contributed by atoms with Gasteiger partial charge in [-0.15, -0.1) is 0 Å². The van der Waals surface area contributed by atoms with Crippen molar-refractivity contribution < 1.29 is 19.1 Å². The van der Waals surface area contributed by atoms with E-state index < -0.39 is 6.04 Å². The van der Waals surface area contributed by atoms with Crippen LogP contribution in [-0.4, -0.2) is 59.0 Å². The van der Waals surface area contributed by atoms with Crippen LogP contribution in [0.15, 0.2) is 54.7 Å². The molecule has 2 aromatic carbocycles. The second-order valence-corrected chi connectivity index (χ2v) is 10.9. The van der Waals surface area contributed by atoms with Crippen molar-refractivity contribution >= 4 is 23.4 Å². The standard InChI is InChI=1S/C29H32ClN3O4/c1-18-10-13-25(28(34)31-18)33-15-19-14-20(11-12-22(19)29(33)35)36-27-9-5-3-7-24(27)32-16-21(17-32)37-26-8-4-2-6-23(26)30/h2,4,6,8,11-12,14,21,24-25,27H,1,3,5,7,9-10,13,15-17H2,(H,31,34)/t24-,25?,27-/m0/s1. The third-order valence-corrected chi connectivity index (χ3v) is 8.35. The number of rotatable bonds is 6. The molecular weight excluding hydrogens is 490 g/mol. The van der Waals surface area contributed by atoms with Crippen LogP contribution >= 0.6 is 11.6 Å². The summed E-state index contributed by atoms with van der Waals surface area (Å²) in [5.41, 5.74) is 2.29. The zero-order chi connectivity index (χ0) is 25.5. The van der Waals surface area contributed by atoms with E-state index in [0.29, 0.717) is 41.7 Å². The van der Waals surface area contributed by atoms with E-state index >= 15 is 0 Å². The number of allylic oxidation sites excluding steroid dienone is 1. The van der Waals surface area contributed by atoms with Crippen molar-refractivity contribution in [2.45, 2.75) is 69.4 Å². The second kappa shape index (κ2) is 10.0. The topological polar surface area (TPSA) is 71.1 Å². The minimum absolute atomic E-state index is 0.0881. The van der Waals surface area contributed by atoms with E-state index in [4.69, 9.17) is 21.1 Å². The van der Waals surface area contributed by atoms with Gasteiger partial charge in [0.05, 0.1) is 5.02 Å². The molecule has 0 radical (unpaired) electrons. The number of likely N-dealkylation sites (tertiary alicyclic amines) is 1. The summed E-state index contributed by atoms with van der Waals surface area (Å²) in [5.74, 6) is 1.29. The highest BCUT2D eigenvalue weighted by Crippen LogP contribution is 2.35. The summed E-state index contributed by atoms with van der Waals surface area (Å²) in [4.78, 5) is 29.7. The largest absolute Gasteiger partial charge is 0.489 e. The summed E-state index contributed by atoms with van der Waals surface area (Å²) in [6.07, 6.45) is 5.97. The molecule has 8 heteroatoms. The molecule has 1 unspecified atom stereocenters. The van der Waals surface area contributed by atoms with Gasteiger partial charge in [0.25, 0.3) is 5.91 Å². The molecule has 194 valence electrons. The first-order chi connectivity index (χ1) is 18.0. The third kappa shape index (κ3) is 4.82. The van der Waals surface area contributed by atoms with Gasteiger partial charge in [0.15, 0.2) is 0 Å². The molecule has 6 rings (SSSR count). The van der Waals surface area contributed by atoms with Gasteiger partial charge >= 0.3 is 0 Å². The van der Waals surface area contributed by atoms with Gasteiger partial charge in [0.2, 0.25) is 5.91 Å². The molecule has 2 saturated heterocycles. The Balaban J connectivity index is 1.09. The quantitative estimate of drug-likeness (QED) is 0.604. The molecule has 1 N–H and O–H groups in total. The van der Waals surface area contributed by atoms with E-state index in [-0.39, 0.29) is 24.0 Å². The molecule has 7 nitrogen and oxygen atoms in total. The molecule has 1 saturated carbocycles. The molecule has 0 bridgehead atoms. The van der Waals surface area contributed by atoms with Crippen LogP contribution in [-0.2, 0) is 11.3 Å². The van der Waals surface area contributed by atoms with Crippen LogP contribution in [0.4, 0.5) is 0 Å². The van der Waals surface area contributed by atoms with Crippen molar-refractivity contribution in [2.24, 2.45) is 0 Å². The lowest BCUT2D eigenvalue weighted by atomic mass is 9.89. The number of nitrogens with one attached hydrogen (secondary N) is 1. The monoisotopic (exact) mass is 521 g/mol. The minimum atomic E-state index is -0.454. The van der Waals surface area contributed by atoms with Gasteiger partial charge in [0, 0.05) is 36.9 Å². The number of nitrogens with zero attached hydrogens (tertiary/aromatic N) is 2. The van der Waals surface area contributed by atoms with E-state index in [2.05, 4.69) is 16.8 Å². The summed E-state index contributed by atoms with van der Waals surface area (Å²) >= 11 is 6.26. The first-order valence-electron chi connectivity index (χ1n) is 13.2. The van der Waals surface area contributed by atoms with Crippen LogP contribution in [0.5, 0.6) is 11.5 Å². The molecule has 1 aliphatic carbocycles. The van der Waals surface area contributed by atoms with Crippen LogP contribution in [0.1, 0.15) is 54.4 Å². The Hall–Kier alpha value is -3.03. The zero-order valence-corrected chi connectivity index (χ0v) is 21.6. The zero-order valence-electron chi connectivity index (χ0n) is 20.8. The highest BCUT2D eigenvalue weighted by atomic mass is 35.5. The van der Waals surface area contributed by atoms with Crippen molar-refractivity contribution in [3.05, 3.63) is 70.9 Å². The number of ether oxygens (including phenoxy) is 2. The first-order valence-corrected chi connectivity index (χ1v) is 13.6. The summed E-state index contributed by atoms with van der Waals surface area (Å²) < 4.78 is 12.7. The predicted molar refractivity (Wildman–Crippen MR) is 141 cm³/mol. The van der Waals surface area contributed by atoms with E-state index in [1.165, 1.54) is 6.42 Å². The Labute approximate surface area is 222 Å². The molecule has 37 heavy (non-hydrogen) atoms. The van der Waals surface area contributed by atoms with E-state index in [1.54, 1.807) is 4.90 Å². The Bertz CT molecular complexity index is 1230. The van der Waals surface area contributed by atoms with Crippen LogP contribution in [0, 0.1) is 0 Å². The molecular formula is C29H32ClN3O4. The number of hydrogen-bond donors (Lipinski definition) is 1. The third-order valence-electron chi connectivity index (χ3n) is 8.04. The van der Waals surface area contributed by atoms with Crippen molar-refractivity contribution in [3.8, 4) is 11.5 Å². The van der Waals surface area contributed by atoms with Gasteiger partial charge in [0.1, 0.15) is 29.7 Å². The van der Waals surface area contributed by atoms with Gasteiger partial charge < -0.3 is 19.7 Å². The molecule has 0 aromatic heterocycles. The first kappa shape index (κ1) is 24.3. The van der Waals surface area contributed by atoms with Gasteiger partial charge in [-0.25, -0.2) is 0 Å². The molecule has 3 fully saturated rings. The van der Waals surface area contributed by atoms with Gasteiger partial charge in [-0.05, 0) is 68.0 Å². The number of halogens is 1. The van der Waals surface area contributed by atoms with E-state index in [1.807, 2.05) is 42.5 Å². The van der Waals surface area contributed by atoms with E-state index in [9.17, 15) is 9.59 Å². The maximum atomic E-state index is 13.1. The average molecular weight is 522 g/mol. The lowest BCUT2D eigenvalue weighted by Crippen LogP contribution is -2.62. The van der Waals surface area contributed by atoms with E-state index in [0.717, 1.165) is 49.4 Å². The van der Waals surface area contributed by atoms with Crippen molar-refractivity contribution in [3.63, 3.8) is 0 Å². The number of benzene rings is 2. The fourth-order valence-corrected chi connectivity index (χ4v) is 6.23. The average Bonchev–Trinajstić information content (AvgIpc) is 3.18.